The van der Waals surface area contributed by atoms with Gasteiger partial charge in [0, 0.05) is 18.7 Å². The minimum Gasteiger partial charge on any atom is -0.309 e. The van der Waals surface area contributed by atoms with Gasteiger partial charge in [0.1, 0.15) is 11.6 Å². The third kappa shape index (κ3) is 3.36. The van der Waals surface area contributed by atoms with E-state index in [2.05, 4.69) is 5.32 Å². The molecular weight excluding hydrogens is 220 g/mol. The van der Waals surface area contributed by atoms with Crippen molar-refractivity contribution in [3.63, 3.8) is 0 Å². The van der Waals surface area contributed by atoms with Gasteiger partial charge in [-0.3, -0.25) is 0 Å². The summed E-state index contributed by atoms with van der Waals surface area (Å²) >= 11 is 0. The number of nitrogens with one attached hydrogen (secondary N) is 1. The van der Waals surface area contributed by atoms with Crippen molar-refractivity contribution in [1.82, 2.24) is 5.32 Å². The lowest BCUT2D eigenvalue weighted by molar-refractivity contribution is 0.568. The number of halogens is 2. The second-order valence-corrected chi connectivity index (χ2v) is 3.82. The van der Waals surface area contributed by atoms with E-state index >= 15 is 0 Å². The van der Waals surface area contributed by atoms with Gasteiger partial charge in [-0.15, -0.1) is 0 Å². The first kappa shape index (κ1) is 11.7. The van der Waals surface area contributed by atoms with Crippen LogP contribution in [0.4, 0.5) is 8.78 Å². The lowest BCUT2D eigenvalue weighted by atomic mass is 10.2. The van der Waals surface area contributed by atoms with Crippen LogP contribution in [0, 0.1) is 11.6 Å². The summed E-state index contributed by atoms with van der Waals surface area (Å²) in [5, 5.41) is 3.08. The normalized spacial score (nSPS) is 10.5. The number of benzene rings is 2. The number of hydrogen-bond acceptors (Lipinski definition) is 1. The van der Waals surface area contributed by atoms with E-state index in [4.69, 9.17) is 0 Å². The van der Waals surface area contributed by atoms with Crippen molar-refractivity contribution in [1.29, 1.82) is 0 Å². The van der Waals surface area contributed by atoms with Gasteiger partial charge in [-0.05, 0) is 23.8 Å². The van der Waals surface area contributed by atoms with Crippen LogP contribution in [0.1, 0.15) is 11.1 Å². The van der Waals surface area contributed by atoms with Crippen LogP contribution >= 0.6 is 0 Å². The van der Waals surface area contributed by atoms with Crippen molar-refractivity contribution >= 4 is 0 Å². The molecule has 1 N–H and O–H groups in total. The highest BCUT2D eigenvalue weighted by Crippen LogP contribution is 2.09. The Kier molecular flexibility index (Phi) is 3.83. The molecule has 88 valence electrons. The molecule has 0 fully saturated rings. The van der Waals surface area contributed by atoms with Gasteiger partial charge in [0.15, 0.2) is 0 Å². The SMILES string of the molecule is Fc1ccc(F)c(CNCc2ccccc2)c1. The molecule has 0 aliphatic rings. The van der Waals surface area contributed by atoms with E-state index in [0.29, 0.717) is 18.7 Å². The van der Waals surface area contributed by atoms with E-state index in [0.717, 1.165) is 17.7 Å². The van der Waals surface area contributed by atoms with E-state index in [1.54, 1.807) is 0 Å². The molecule has 0 aliphatic carbocycles. The summed E-state index contributed by atoms with van der Waals surface area (Å²) in [6.07, 6.45) is 0. The van der Waals surface area contributed by atoms with Crippen molar-refractivity contribution in [2.24, 2.45) is 0 Å². The topological polar surface area (TPSA) is 12.0 Å². The molecule has 1 nitrogen and oxygen atoms in total. The Morgan fingerprint density at radius 1 is 0.882 bits per heavy atom. The summed E-state index contributed by atoms with van der Waals surface area (Å²) in [5.41, 5.74) is 1.46. The van der Waals surface area contributed by atoms with Crippen LogP contribution in [0.15, 0.2) is 48.5 Å². The lowest BCUT2D eigenvalue weighted by Gasteiger charge is -2.06. The van der Waals surface area contributed by atoms with Crippen LogP contribution < -0.4 is 5.32 Å². The average molecular weight is 233 g/mol. The van der Waals surface area contributed by atoms with Gasteiger partial charge < -0.3 is 5.32 Å². The average Bonchev–Trinajstić information content (AvgIpc) is 2.35. The molecule has 17 heavy (non-hydrogen) atoms. The second kappa shape index (κ2) is 5.55. The van der Waals surface area contributed by atoms with Gasteiger partial charge in [0.05, 0.1) is 0 Å². The summed E-state index contributed by atoms with van der Waals surface area (Å²) in [6.45, 7) is 0.954. The summed E-state index contributed by atoms with van der Waals surface area (Å²) < 4.78 is 26.2. The highest BCUT2D eigenvalue weighted by Gasteiger charge is 2.03. The second-order valence-electron chi connectivity index (χ2n) is 3.82. The third-order valence-electron chi connectivity index (χ3n) is 2.50. The minimum absolute atomic E-state index is 0.318. The Morgan fingerprint density at radius 3 is 2.41 bits per heavy atom. The maximum Gasteiger partial charge on any atom is 0.127 e. The molecule has 0 unspecified atom stereocenters. The largest absolute Gasteiger partial charge is 0.309 e. The summed E-state index contributed by atoms with van der Waals surface area (Å²) in [5.74, 6) is -0.796. The third-order valence-corrected chi connectivity index (χ3v) is 2.50. The summed E-state index contributed by atoms with van der Waals surface area (Å²) in [6, 6.07) is 13.3. The van der Waals surface area contributed by atoms with E-state index in [1.807, 2.05) is 30.3 Å². The fraction of sp³-hybridized carbons (Fsp3) is 0.143. The Bertz CT molecular complexity index is 483. The van der Waals surface area contributed by atoms with Crippen LogP contribution in [0.25, 0.3) is 0 Å². The molecule has 0 aliphatic heterocycles. The molecule has 0 bridgehead atoms. The van der Waals surface area contributed by atoms with Crippen LogP contribution in [0.2, 0.25) is 0 Å². The Morgan fingerprint density at radius 2 is 1.65 bits per heavy atom. The van der Waals surface area contributed by atoms with E-state index in [-0.39, 0.29) is 5.82 Å². The Balaban J connectivity index is 1.92. The zero-order chi connectivity index (χ0) is 12.1. The Hall–Kier alpha value is -1.74. The molecule has 2 aromatic rings. The quantitative estimate of drug-likeness (QED) is 0.854. The smallest absolute Gasteiger partial charge is 0.127 e. The van der Waals surface area contributed by atoms with Crippen molar-refractivity contribution in [3.8, 4) is 0 Å². The summed E-state index contributed by atoms with van der Waals surface area (Å²) in [7, 11) is 0. The fourth-order valence-corrected chi connectivity index (χ4v) is 1.62. The van der Waals surface area contributed by atoms with Gasteiger partial charge >= 0.3 is 0 Å². The molecule has 2 rings (SSSR count). The lowest BCUT2D eigenvalue weighted by Crippen LogP contribution is -2.13. The number of hydrogen-bond donors (Lipinski definition) is 1. The Labute approximate surface area is 99.1 Å². The van der Waals surface area contributed by atoms with Crippen molar-refractivity contribution in [2.45, 2.75) is 13.1 Å². The van der Waals surface area contributed by atoms with Gasteiger partial charge in [-0.25, -0.2) is 8.78 Å². The molecule has 0 radical (unpaired) electrons. The summed E-state index contributed by atoms with van der Waals surface area (Å²) in [4.78, 5) is 0. The maximum absolute atomic E-state index is 13.3. The predicted molar refractivity (Wildman–Crippen MR) is 63.3 cm³/mol. The molecule has 2 aromatic carbocycles. The van der Waals surface area contributed by atoms with Crippen molar-refractivity contribution in [2.75, 3.05) is 0 Å². The number of rotatable bonds is 4. The van der Waals surface area contributed by atoms with E-state index < -0.39 is 5.82 Å². The zero-order valence-electron chi connectivity index (χ0n) is 9.29. The van der Waals surface area contributed by atoms with Crippen molar-refractivity contribution < 1.29 is 8.78 Å². The first-order valence-electron chi connectivity index (χ1n) is 5.44. The van der Waals surface area contributed by atoms with Gasteiger partial charge in [0.25, 0.3) is 0 Å². The van der Waals surface area contributed by atoms with Gasteiger partial charge in [-0.2, -0.15) is 0 Å². The van der Waals surface area contributed by atoms with Crippen molar-refractivity contribution in [3.05, 3.63) is 71.3 Å². The maximum atomic E-state index is 13.3. The van der Waals surface area contributed by atoms with E-state index in [9.17, 15) is 8.78 Å². The van der Waals surface area contributed by atoms with Crippen LogP contribution in [-0.2, 0) is 13.1 Å². The van der Waals surface area contributed by atoms with Crippen LogP contribution in [0.3, 0.4) is 0 Å². The molecule has 0 saturated carbocycles. The molecular formula is C14H13F2N. The zero-order valence-corrected chi connectivity index (χ0v) is 9.29. The molecule has 0 spiro atoms. The molecule has 0 saturated heterocycles. The molecule has 3 heteroatoms. The molecule has 0 atom stereocenters. The monoisotopic (exact) mass is 233 g/mol. The standard InChI is InChI=1S/C14H13F2N/c15-13-6-7-14(16)12(8-13)10-17-9-11-4-2-1-3-5-11/h1-8,17H,9-10H2. The van der Waals surface area contributed by atoms with Crippen LogP contribution in [-0.4, -0.2) is 0 Å². The predicted octanol–water partition coefficient (Wildman–Crippen LogP) is 3.25. The van der Waals surface area contributed by atoms with Gasteiger partial charge in [-0.1, -0.05) is 30.3 Å². The first-order chi connectivity index (χ1) is 8.25. The highest BCUT2D eigenvalue weighted by molar-refractivity contribution is 5.19. The highest BCUT2D eigenvalue weighted by atomic mass is 19.1. The van der Waals surface area contributed by atoms with Crippen LogP contribution in [0.5, 0.6) is 0 Å². The minimum atomic E-state index is -0.414. The molecule has 0 heterocycles. The molecule has 0 aromatic heterocycles. The van der Waals surface area contributed by atoms with E-state index in [1.165, 1.54) is 6.07 Å². The fourth-order valence-electron chi connectivity index (χ4n) is 1.62. The molecule has 0 amide bonds. The first-order valence-corrected chi connectivity index (χ1v) is 5.44. The van der Waals surface area contributed by atoms with Gasteiger partial charge in [0.2, 0.25) is 0 Å².